The minimum Gasteiger partial charge on any atom is -0.465 e. The van der Waals surface area contributed by atoms with Crippen molar-refractivity contribution < 1.29 is 32.3 Å². The summed E-state index contributed by atoms with van der Waals surface area (Å²) in [4.78, 5) is 35.1. The molecule has 0 aliphatic rings. The molecule has 0 fully saturated rings. The van der Waals surface area contributed by atoms with Crippen LogP contribution in [0.5, 0.6) is 0 Å². The molecule has 0 heterocycles. The third kappa shape index (κ3) is 5.20. The monoisotopic (exact) mass is 400 g/mol. The van der Waals surface area contributed by atoms with Gasteiger partial charge in [-0.05, 0) is 42.5 Å². The second-order valence-electron chi connectivity index (χ2n) is 5.16. The van der Waals surface area contributed by atoms with Crippen LogP contribution in [-0.2, 0) is 20.5 Å². The molecule has 0 saturated heterocycles. The maximum atomic E-state index is 13.0. The normalized spacial score (nSPS) is 10.9. The van der Waals surface area contributed by atoms with E-state index in [0.29, 0.717) is 6.07 Å². The van der Waals surface area contributed by atoms with Gasteiger partial charge < -0.3 is 15.4 Å². The molecule has 0 spiro atoms. The van der Waals surface area contributed by atoms with Gasteiger partial charge in [-0.3, -0.25) is 9.59 Å². The van der Waals surface area contributed by atoms with Crippen molar-refractivity contribution in [2.45, 2.75) is 6.18 Å². The van der Waals surface area contributed by atoms with Gasteiger partial charge in [0.2, 0.25) is 0 Å². The fourth-order valence-corrected chi connectivity index (χ4v) is 2.21. The highest BCUT2D eigenvalue weighted by atomic mass is 35.5. The Kier molecular flexibility index (Phi) is 6.06. The van der Waals surface area contributed by atoms with Crippen molar-refractivity contribution in [1.82, 2.24) is 0 Å². The number of anilines is 2. The van der Waals surface area contributed by atoms with Gasteiger partial charge in [-0.2, -0.15) is 13.2 Å². The van der Waals surface area contributed by atoms with Crippen molar-refractivity contribution in [3.8, 4) is 0 Å². The third-order valence-corrected chi connectivity index (χ3v) is 3.54. The molecule has 0 radical (unpaired) electrons. The first-order valence-corrected chi connectivity index (χ1v) is 7.67. The second kappa shape index (κ2) is 8.09. The molecule has 2 amide bonds. The standard InChI is InChI=1S/C17H12ClF3N2O4/c1-27-16(26)9-2-5-11(6-3-9)22-14(24)15(25)23-13-7-4-10(18)8-12(13)17(19,20)21/h2-8H,1H3,(H,22,24)(H,23,25). The number of ether oxygens (including phenoxy) is 1. The van der Waals surface area contributed by atoms with Crippen molar-refractivity contribution in [2.24, 2.45) is 0 Å². The smallest absolute Gasteiger partial charge is 0.418 e. The zero-order valence-electron chi connectivity index (χ0n) is 13.7. The van der Waals surface area contributed by atoms with E-state index < -0.39 is 35.2 Å². The molecule has 6 nitrogen and oxygen atoms in total. The van der Waals surface area contributed by atoms with Gasteiger partial charge in [0.15, 0.2) is 0 Å². The maximum Gasteiger partial charge on any atom is 0.418 e. The summed E-state index contributed by atoms with van der Waals surface area (Å²) < 4.78 is 43.5. The van der Waals surface area contributed by atoms with E-state index in [-0.39, 0.29) is 16.3 Å². The molecule has 0 atom stereocenters. The molecule has 0 saturated carbocycles. The summed E-state index contributed by atoms with van der Waals surface area (Å²) in [5, 5.41) is 3.93. The number of hydrogen-bond donors (Lipinski definition) is 2. The van der Waals surface area contributed by atoms with Crippen LogP contribution in [0.15, 0.2) is 42.5 Å². The molecular weight excluding hydrogens is 389 g/mol. The summed E-state index contributed by atoms with van der Waals surface area (Å²) in [6, 6.07) is 8.10. The average molecular weight is 401 g/mol. The number of alkyl halides is 3. The van der Waals surface area contributed by atoms with E-state index in [2.05, 4.69) is 10.1 Å². The number of halogens is 4. The van der Waals surface area contributed by atoms with E-state index in [4.69, 9.17) is 11.6 Å². The molecule has 0 unspecified atom stereocenters. The molecule has 0 aromatic heterocycles. The number of rotatable bonds is 3. The van der Waals surface area contributed by atoms with Gasteiger partial charge in [0.05, 0.1) is 23.9 Å². The number of esters is 1. The summed E-state index contributed by atoms with van der Waals surface area (Å²) in [7, 11) is 1.20. The average Bonchev–Trinajstić information content (AvgIpc) is 2.62. The fraction of sp³-hybridized carbons (Fsp3) is 0.118. The topological polar surface area (TPSA) is 84.5 Å². The van der Waals surface area contributed by atoms with Gasteiger partial charge in [0, 0.05) is 10.7 Å². The minimum atomic E-state index is -4.77. The molecule has 10 heteroatoms. The first kappa shape index (κ1) is 20.2. The van der Waals surface area contributed by atoms with Gasteiger partial charge in [0.1, 0.15) is 0 Å². The van der Waals surface area contributed by atoms with Crippen LogP contribution in [0.3, 0.4) is 0 Å². The van der Waals surface area contributed by atoms with Gasteiger partial charge in [-0.15, -0.1) is 0 Å². The van der Waals surface area contributed by atoms with E-state index in [1.165, 1.54) is 31.4 Å². The fourth-order valence-electron chi connectivity index (χ4n) is 2.03. The summed E-state index contributed by atoms with van der Waals surface area (Å²) in [5.41, 5.74) is -1.41. The highest BCUT2D eigenvalue weighted by Crippen LogP contribution is 2.36. The third-order valence-electron chi connectivity index (χ3n) is 3.31. The zero-order valence-corrected chi connectivity index (χ0v) is 14.4. The van der Waals surface area contributed by atoms with Crippen LogP contribution in [0.25, 0.3) is 0 Å². The first-order chi connectivity index (χ1) is 12.6. The molecule has 0 bridgehead atoms. The summed E-state index contributed by atoms with van der Waals surface area (Å²) in [6.45, 7) is 0. The molecule has 27 heavy (non-hydrogen) atoms. The van der Waals surface area contributed by atoms with Gasteiger partial charge in [-0.25, -0.2) is 4.79 Å². The molecule has 2 N–H and O–H groups in total. The molecule has 2 aromatic carbocycles. The molecule has 0 aliphatic carbocycles. The minimum absolute atomic E-state index is 0.162. The lowest BCUT2D eigenvalue weighted by molar-refractivity contribution is -0.137. The Balaban J connectivity index is 2.11. The van der Waals surface area contributed by atoms with Gasteiger partial charge in [-0.1, -0.05) is 11.6 Å². The molecule has 142 valence electrons. The quantitative estimate of drug-likeness (QED) is 0.607. The number of carbonyl (C=O) groups excluding carboxylic acids is 3. The summed E-state index contributed by atoms with van der Waals surface area (Å²) in [6.07, 6.45) is -4.77. The van der Waals surface area contributed by atoms with Crippen LogP contribution in [0, 0.1) is 0 Å². The Morgan fingerprint density at radius 3 is 2.11 bits per heavy atom. The Hall–Kier alpha value is -3.07. The lowest BCUT2D eigenvalue weighted by Crippen LogP contribution is -2.30. The number of carbonyl (C=O) groups is 3. The van der Waals surface area contributed by atoms with Crippen LogP contribution in [0.2, 0.25) is 5.02 Å². The number of benzene rings is 2. The lowest BCUT2D eigenvalue weighted by atomic mass is 10.1. The first-order valence-electron chi connectivity index (χ1n) is 7.29. The Morgan fingerprint density at radius 2 is 1.56 bits per heavy atom. The van der Waals surface area contributed by atoms with Gasteiger partial charge >= 0.3 is 24.0 Å². The molecular formula is C17H12ClF3N2O4. The number of nitrogens with one attached hydrogen (secondary N) is 2. The molecule has 0 aliphatic heterocycles. The molecule has 2 rings (SSSR count). The summed E-state index contributed by atoms with van der Waals surface area (Å²) in [5.74, 6) is -3.09. The Labute approximate surface area is 156 Å². The van der Waals surface area contributed by atoms with Crippen LogP contribution in [-0.4, -0.2) is 24.9 Å². The van der Waals surface area contributed by atoms with Crippen molar-refractivity contribution in [3.63, 3.8) is 0 Å². The van der Waals surface area contributed by atoms with Crippen molar-refractivity contribution in [2.75, 3.05) is 17.7 Å². The predicted octanol–water partition coefficient (Wildman–Crippen LogP) is 3.72. The van der Waals surface area contributed by atoms with Crippen molar-refractivity contribution in [1.29, 1.82) is 0 Å². The zero-order chi connectivity index (χ0) is 20.2. The number of methoxy groups -OCH3 is 1. The van der Waals surface area contributed by atoms with E-state index >= 15 is 0 Å². The van der Waals surface area contributed by atoms with E-state index in [9.17, 15) is 27.6 Å². The van der Waals surface area contributed by atoms with E-state index in [1.807, 2.05) is 5.32 Å². The van der Waals surface area contributed by atoms with Crippen LogP contribution in [0.4, 0.5) is 24.5 Å². The van der Waals surface area contributed by atoms with Gasteiger partial charge in [0.25, 0.3) is 0 Å². The van der Waals surface area contributed by atoms with Crippen LogP contribution >= 0.6 is 11.6 Å². The SMILES string of the molecule is COC(=O)c1ccc(NC(=O)C(=O)Nc2ccc(Cl)cc2C(F)(F)F)cc1. The maximum absolute atomic E-state index is 13.0. The van der Waals surface area contributed by atoms with E-state index in [0.717, 1.165) is 12.1 Å². The highest BCUT2D eigenvalue weighted by molar-refractivity contribution is 6.43. The number of hydrogen-bond acceptors (Lipinski definition) is 4. The largest absolute Gasteiger partial charge is 0.465 e. The lowest BCUT2D eigenvalue weighted by Gasteiger charge is -2.14. The second-order valence-corrected chi connectivity index (χ2v) is 5.60. The Bertz CT molecular complexity index is 883. The molecule has 2 aromatic rings. The van der Waals surface area contributed by atoms with Crippen molar-refractivity contribution >= 4 is 40.8 Å². The van der Waals surface area contributed by atoms with Crippen LogP contribution < -0.4 is 10.6 Å². The summed E-state index contributed by atoms with van der Waals surface area (Å²) >= 11 is 5.55. The van der Waals surface area contributed by atoms with Crippen LogP contribution in [0.1, 0.15) is 15.9 Å². The predicted molar refractivity (Wildman–Crippen MR) is 91.5 cm³/mol. The number of amides is 2. The van der Waals surface area contributed by atoms with E-state index in [1.54, 1.807) is 0 Å². The highest BCUT2D eigenvalue weighted by Gasteiger charge is 2.34. The Morgan fingerprint density at radius 1 is 0.963 bits per heavy atom. The van der Waals surface area contributed by atoms with Crippen molar-refractivity contribution in [3.05, 3.63) is 58.6 Å².